The van der Waals surface area contributed by atoms with Crippen LogP contribution < -0.4 is 5.32 Å². The van der Waals surface area contributed by atoms with E-state index in [0.29, 0.717) is 4.77 Å². The molecule has 4 heteroatoms. The van der Waals surface area contributed by atoms with Crippen molar-refractivity contribution in [1.29, 1.82) is 0 Å². The van der Waals surface area contributed by atoms with Crippen molar-refractivity contribution in [2.24, 2.45) is 0 Å². The molecule has 3 rings (SSSR count). The lowest BCUT2D eigenvalue weighted by Gasteiger charge is -1.98. The minimum absolute atomic E-state index is 0.693. The molecule has 1 aliphatic heterocycles. The van der Waals surface area contributed by atoms with Gasteiger partial charge in [0.05, 0.1) is 11.0 Å². The molecule has 13 heavy (non-hydrogen) atoms. The second kappa shape index (κ2) is 2.35. The molecule has 0 radical (unpaired) electrons. The van der Waals surface area contributed by atoms with Crippen LogP contribution in [0.1, 0.15) is 5.56 Å². The molecular formula is C9H9N3S. The van der Waals surface area contributed by atoms with E-state index in [4.69, 9.17) is 12.2 Å². The first kappa shape index (κ1) is 7.15. The van der Waals surface area contributed by atoms with Gasteiger partial charge in [0.2, 0.25) is 0 Å². The fourth-order valence-electron chi connectivity index (χ4n) is 1.83. The number of benzene rings is 1. The Morgan fingerprint density at radius 1 is 1.15 bits per heavy atom. The number of nitrogens with one attached hydrogen (secondary N) is 3. The molecule has 0 saturated heterocycles. The highest BCUT2D eigenvalue weighted by Gasteiger charge is 2.11. The maximum absolute atomic E-state index is 5.02. The normalized spacial score (nSPS) is 14.5. The molecule has 1 aliphatic rings. The average molecular weight is 191 g/mol. The molecule has 1 aromatic heterocycles. The van der Waals surface area contributed by atoms with Gasteiger partial charge < -0.3 is 15.3 Å². The second-order valence-corrected chi connectivity index (χ2v) is 3.72. The van der Waals surface area contributed by atoms with Gasteiger partial charge in [-0.1, -0.05) is 0 Å². The molecule has 0 fully saturated rings. The van der Waals surface area contributed by atoms with Crippen molar-refractivity contribution in [3.63, 3.8) is 0 Å². The summed E-state index contributed by atoms with van der Waals surface area (Å²) in [7, 11) is 0. The Bertz CT molecular complexity index is 479. The van der Waals surface area contributed by atoms with Gasteiger partial charge in [-0.15, -0.1) is 0 Å². The number of imidazole rings is 1. The van der Waals surface area contributed by atoms with Crippen molar-refractivity contribution >= 4 is 28.9 Å². The molecule has 0 atom stereocenters. The van der Waals surface area contributed by atoms with Crippen LogP contribution in [0.15, 0.2) is 12.1 Å². The van der Waals surface area contributed by atoms with Gasteiger partial charge in [-0.05, 0) is 36.3 Å². The van der Waals surface area contributed by atoms with Crippen molar-refractivity contribution in [1.82, 2.24) is 9.97 Å². The molecule has 66 valence electrons. The van der Waals surface area contributed by atoms with Crippen LogP contribution in [-0.4, -0.2) is 16.5 Å². The quantitative estimate of drug-likeness (QED) is 0.559. The van der Waals surface area contributed by atoms with Crippen LogP contribution in [-0.2, 0) is 6.42 Å². The van der Waals surface area contributed by atoms with E-state index in [0.717, 1.165) is 24.0 Å². The topological polar surface area (TPSA) is 43.6 Å². The van der Waals surface area contributed by atoms with E-state index in [-0.39, 0.29) is 0 Å². The standard InChI is InChI=1S/C9H9N3S/c13-9-11-7-3-5-1-2-10-6(5)4-8(7)12-9/h3-4,10H,1-2H2,(H2,11,12,13). The summed E-state index contributed by atoms with van der Waals surface area (Å²) in [6.07, 6.45) is 1.11. The molecular weight excluding hydrogens is 182 g/mol. The Kier molecular flexibility index (Phi) is 1.29. The van der Waals surface area contributed by atoms with Gasteiger partial charge in [-0.3, -0.25) is 0 Å². The molecule has 0 aliphatic carbocycles. The van der Waals surface area contributed by atoms with E-state index in [2.05, 4.69) is 27.4 Å². The summed E-state index contributed by atoms with van der Waals surface area (Å²) in [6.45, 7) is 1.04. The average Bonchev–Trinajstić information content (AvgIpc) is 2.63. The molecule has 1 aromatic carbocycles. The van der Waals surface area contributed by atoms with Gasteiger partial charge >= 0.3 is 0 Å². The molecule has 0 saturated carbocycles. The zero-order valence-corrected chi connectivity index (χ0v) is 7.79. The first-order valence-corrected chi connectivity index (χ1v) is 4.72. The third-order valence-electron chi connectivity index (χ3n) is 2.45. The first-order valence-electron chi connectivity index (χ1n) is 4.32. The Balaban J connectivity index is 2.41. The molecule has 3 N–H and O–H groups in total. The van der Waals surface area contributed by atoms with E-state index < -0.39 is 0 Å². The molecule has 3 nitrogen and oxygen atoms in total. The minimum Gasteiger partial charge on any atom is -0.384 e. The summed E-state index contributed by atoms with van der Waals surface area (Å²) in [5, 5.41) is 3.33. The summed E-state index contributed by atoms with van der Waals surface area (Å²) in [5.41, 5.74) is 4.79. The number of hydrogen-bond acceptors (Lipinski definition) is 2. The van der Waals surface area contributed by atoms with Gasteiger partial charge in [0.25, 0.3) is 0 Å². The second-order valence-electron chi connectivity index (χ2n) is 3.31. The number of H-pyrrole nitrogens is 2. The largest absolute Gasteiger partial charge is 0.384 e. The monoisotopic (exact) mass is 191 g/mol. The van der Waals surface area contributed by atoms with Crippen LogP contribution in [0.3, 0.4) is 0 Å². The van der Waals surface area contributed by atoms with Crippen LogP contribution in [0.25, 0.3) is 11.0 Å². The zero-order valence-electron chi connectivity index (χ0n) is 6.98. The van der Waals surface area contributed by atoms with E-state index in [1.54, 1.807) is 0 Å². The highest BCUT2D eigenvalue weighted by molar-refractivity contribution is 7.71. The lowest BCUT2D eigenvalue weighted by Crippen LogP contribution is -1.90. The van der Waals surface area contributed by atoms with Gasteiger partial charge in [0.1, 0.15) is 0 Å². The van der Waals surface area contributed by atoms with Crippen LogP contribution in [0, 0.1) is 4.77 Å². The molecule has 0 bridgehead atoms. The van der Waals surface area contributed by atoms with Crippen LogP contribution >= 0.6 is 12.2 Å². The summed E-state index contributed by atoms with van der Waals surface area (Å²) in [6, 6.07) is 4.28. The molecule has 0 spiro atoms. The van der Waals surface area contributed by atoms with Crippen molar-refractivity contribution in [2.75, 3.05) is 11.9 Å². The van der Waals surface area contributed by atoms with Gasteiger partial charge in [-0.2, -0.15) is 0 Å². The fourth-order valence-corrected chi connectivity index (χ4v) is 2.05. The van der Waals surface area contributed by atoms with Crippen molar-refractivity contribution < 1.29 is 0 Å². The summed E-state index contributed by atoms with van der Waals surface area (Å²) >= 11 is 5.02. The number of aromatic amines is 2. The van der Waals surface area contributed by atoms with E-state index >= 15 is 0 Å². The van der Waals surface area contributed by atoms with Crippen molar-refractivity contribution in [3.05, 3.63) is 22.5 Å². The zero-order chi connectivity index (χ0) is 8.84. The maximum atomic E-state index is 5.02. The summed E-state index contributed by atoms with van der Waals surface area (Å²) in [4.78, 5) is 6.23. The van der Waals surface area contributed by atoms with E-state index in [9.17, 15) is 0 Å². The number of hydrogen-bond donors (Lipinski definition) is 3. The highest BCUT2D eigenvalue weighted by atomic mass is 32.1. The summed E-state index contributed by atoms with van der Waals surface area (Å²) < 4.78 is 0.693. The number of aromatic nitrogens is 2. The Labute approximate surface area is 80.2 Å². The number of anilines is 1. The third kappa shape index (κ3) is 0.986. The lowest BCUT2D eigenvalue weighted by atomic mass is 10.1. The Hall–Kier alpha value is -1.29. The van der Waals surface area contributed by atoms with Crippen LogP contribution in [0.4, 0.5) is 5.69 Å². The number of fused-ring (bicyclic) bond motifs is 2. The Morgan fingerprint density at radius 3 is 2.77 bits per heavy atom. The van der Waals surface area contributed by atoms with Crippen molar-refractivity contribution in [2.45, 2.75) is 6.42 Å². The highest BCUT2D eigenvalue weighted by Crippen LogP contribution is 2.26. The van der Waals surface area contributed by atoms with E-state index in [1.807, 2.05) is 0 Å². The molecule has 2 heterocycles. The molecule has 0 unspecified atom stereocenters. The Morgan fingerprint density at radius 2 is 1.92 bits per heavy atom. The van der Waals surface area contributed by atoms with Crippen molar-refractivity contribution in [3.8, 4) is 0 Å². The predicted octanol–water partition coefficient (Wildman–Crippen LogP) is 2.19. The number of rotatable bonds is 0. The first-order chi connectivity index (χ1) is 6.33. The fraction of sp³-hybridized carbons (Fsp3) is 0.222. The van der Waals surface area contributed by atoms with Gasteiger partial charge in [0, 0.05) is 12.2 Å². The third-order valence-corrected chi connectivity index (χ3v) is 2.65. The summed E-state index contributed by atoms with van der Waals surface area (Å²) in [5.74, 6) is 0. The maximum Gasteiger partial charge on any atom is 0.175 e. The SMILES string of the molecule is S=c1[nH]c2cc3c(cc2[nH]1)NCC3. The predicted molar refractivity (Wildman–Crippen MR) is 55.7 cm³/mol. The van der Waals surface area contributed by atoms with Crippen LogP contribution in [0.2, 0.25) is 0 Å². The molecule has 2 aromatic rings. The van der Waals surface area contributed by atoms with E-state index in [1.165, 1.54) is 11.3 Å². The van der Waals surface area contributed by atoms with Crippen LogP contribution in [0.5, 0.6) is 0 Å². The van der Waals surface area contributed by atoms with Gasteiger partial charge in [-0.25, -0.2) is 0 Å². The smallest absolute Gasteiger partial charge is 0.175 e. The minimum atomic E-state index is 0.693. The molecule has 0 amide bonds. The lowest BCUT2D eigenvalue weighted by molar-refractivity contribution is 1.11. The van der Waals surface area contributed by atoms with Gasteiger partial charge in [0.15, 0.2) is 4.77 Å².